The van der Waals surface area contributed by atoms with Gasteiger partial charge in [-0.15, -0.1) is 0 Å². The van der Waals surface area contributed by atoms with Crippen LogP contribution in [-0.2, 0) is 14.4 Å². The van der Waals surface area contributed by atoms with E-state index in [1.807, 2.05) is 0 Å². The van der Waals surface area contributed by atoms with Crippen molar-refractivity contribution in [3.05, 3.63) is 0 Å². The molecule has 1 aliphatic rings. The Balaban J connectivity index is 2.71. The third kappa shape index (κ3) is 12.6. The van der Waals surface area contributed by atoms with Crippen LogP contribution in [0.3, 0.4) is 0 Å². The van der Waals surface area contributed by atoms with Crippen LogP contribution in [0.15, 0.2) is 0 Å². The highest BCUT2D eigenvalue weighted by Gasteiger charge is 2.28. The number of thioether (sulfide) groups is 3. The quantitative estimate of drug-likeness (QED) is 0.384. The molecule has 3 nitrogen and oxygen atoms in total. The second kappa shape index (κ2) is 15.0. The van der Waals surface area contributed by atoms with Gasteiger partial charge in [-0.2, -0.15) is 0 Å². The molecule has 0 radical (unpaired) electrons. The minimum atomic E-state index is 0.209. The van der Waals surface area contributed by atoms with E-state index in [9.17, 15) is 14.4 Å². The van der Waals surface area contributed by atoms with Gasteiger partial charge < -0.3 is 0 Å². The van der Waals surface area contributed by atoms with Crippen molar-refractivity contribution in [2.45, 2.75) is 79.1 Å². The van der Waals surface area contributed by atoms with E-state index in [0.29, 0.717) is 17.8 Å². The summed E-state index contributed by atoms with van der Waals surface area (Å²) >= 11 is 4.37. The monoisotopic (exact) mass is 446 g/mol. The molecule has 0 aliphatic heterocycles. The van der Waals surface area contributed by atoms with Crippen LogP contribution in [0.5, 0.6) is 0 Å². The van der Waals surface area contributed by atoms with Crippen LogP contribution in [0.25, 0.3) is 0 Å². The van der Waals surface area contributed by atoms with Gasteiger partial charge >= 0.3 is 0 Å². The van der Waals surface area contributed by atoms with Crippen molar-refractivity contribution in [1.82, 2.24) is 0 Å². The maximum absolute atomic E-state index is 11.3. The minimum Gasteiger partial charge on any atom is -0.288 e. The molecule has 1 fully saturated rings. The first kappa shape index (κ1) is 26.1. The van der Waals surface area contributed by atoms with Gasteiger partial charge in [0.2, 0.25) is 0 Å². The van der Waals surface area contributed by atoms with Crippen LogP contribution in [0.1, 0.15) is 79.1 Å². The molecule has 28 heavy (non-hydrogen) atoms. The molecule has 0 saturated heterocycles. The average molecular weight is 447 g/mol. The Hall–Kier alpha value is 0.0600. The molecule has 1 saturated carbocycles. The van der Waals surface area contributed by atoms with Crippen molar-refractivity contribution in [3.8, 4) is 0 Å². The van der Waals surface area contributed by atoms with E-state index in [-0.39, 0.29) is 15.3 Å². The summed E-state index contributed by atoms with van der Waals surface area (Å²) < 4.78 is 0. The third-order valence-electron chi connectivity index (χ3n) is 5.74. The lowest BCUT2D eigenvalue weighted by atomic mass is 9.72. The van der Waals surface area contributed by atoms with Crippen molar-refractivity contribution in [1.29, 1.82) is 0 Å². The molecule has 3 unspecified atom stereocenters. The second-order valence-electron chi connectivity index (χ2n) is 8.20. The van der Waals surface area contributed by atoms with Gasteiger partial charge in [-0.1, -0.05) is 48.6 Å². The number of rotatable bonds is 10. The fraction of sp³-hybridized carbons (Fsp3) is 0.864. The van der Waals surface area contributed by atoms with E-state index in [1.54, 1.807) is 20.8 Å². The zero-order chi connectivity index (χ0) is 20.9. The summed E-state index contributed by atoms with van der Waals surface area (Å²) in [5, 5.41) is 0.645. The first-order chi connectivity index (χ1) is 13.3. The van der Waals surface area contributed by atoms with Crippen molar-refractivity contribution in [2.24, 2.45) is 23.7 Å². The fourth-order valence-corrected chi connectivity index (χ4v) is 6.63. The summed E-state index contributed by atoms with van der Waals surface area (Å²) in [7, 11) is 0. The number of carbonyl (C=O) groups excluding carboxylic acids is 3. The van der Waals surface area contributed by atoms with E-state index >= 15 is 0 Å². The molecule has 1 rings (SSSR count). The van der Waals surface area contributed by atoms with E-state index in [1.165, 1.54) is 67.4 Å². The van der Waals surface area contributed by atoms with E-state index in [0.717, 1.165) is 42.4 Å². The van der Waals surface area contributed by atoms with Crippen LogP contribution in [0, 0.1) is 23.7 Å². The normalized spacial score (nSPS) is 25.7. The number of hydrogen-bond donors (Lipinski definition) is 0. The van der Waals surface area contributed by atoms with Crippen molar-refractivity contribution < 1.29 is 14.4 Å². The smallest absolute Gasteiger partial charge is 0.185 e. The summed E-state index contributed by atoms with van der Waals surface area (Å²) in [6, 6.07) is 0. The fourth-order valence-electron chi connectivity index (χ4n) is 4.42. The lowest BCUT2D eigenvalue weighted by molar-refractivity contribution is -0.109. The molecule has 162 valence electrons. The van der Waals surface area contributed by atoms with Gasteiger partial charge in [-0.05, 0) is 68.6 Å². The summed E-state index contributed by atoms with van der Waals surface area (Å²) in [6.45, 7) is 7.26. The van der Waals surface area contributed by atoms with E-state index in [2.05, 4.69) is 6.92 Å². The Morgan fingerprint density at radius 1 is 0.607 bits per heavy atom. The van der Waals surface area contributed by atoms with Crippen LogP contribution in [-0.4, -0.2) is 32.6 Å². The highest BCUT2D eigenvalue weighted by Crippen LogP contribution is 2.39. The molecule has 0 N–H and O–H groups in total. The van der Waals surface area contributed by atoms with Crippen molar-refractivity contribution in [3.63, 3.8) is 0 Å². The molecular formula is C22H38O3S3. The van der Waals surface area contributed by atoms with Crippen molar-refractivity contribution >= 4 is 50.6 Å². The maximum Gasteiger partial charge on any atom is 0.185 e. The molecule has 1 aliphatic carbocycles. The molecule has 0 bridgehead atoms. The van der Waals surface area contributed by atoms with Gasteiger partial charge in [-0.3, -0.25) is 14.4 Å². The largest absolute Gasteiger partial charge is 0.288 e. The van der Waals surface area contributed by atoms with Gasteiger partial charge in [0.05, 0.1) is 0 Å². The Morgan fingerprint density at radius 2 is 0.893 bits per heavy atom. The first-order valence-electron chi connectivity index (χ1n) is 10.7. The van der Waals surface area contributed by atoms with E-state index in [4.69, 9.17) is 0 Å². The Labute approximate surface area is 184 Å². The number of carbonyl (C=O) groups is 3. The van der Waals surface area contributed by atoms with Gasteiger partial charge in [0.25, 0.3) is 0 Å². The van der Waals surface area contributed by atoms with Gasteiger partial charge in [0.1, 0.15) is 0 Å². The van der Waals surface area contributed by atoms with Crippen LogP contribution >= 0.6 is 35.3 Å². The molecule has 6 heteroatoms. The molecule has 0 aromatic carbocycles. The zero-order valence-electron chi connectivity index (χ0n) is 18.0. The molecule has 0 heterocycles. The van der Waals surface area contributed by atoms with Gasteiger partial charge in [0.15, 0.2) is 15.3 Å². The summed E-state index contributed by atoms with van der Waals surface area (Å²) in [5.74, 6) is 5.58. The molecule has 0 spiro atoms. The highest BCUT2D eigenvalue weighted by molar-refractivity contribution is 8.14. The maximum atomic E-state index is 11.3. The molecule has 0 aromatic heterocycles. The van der Waals surface area contributed by atoms with E-state index < -0.39 is 0 Å². The zero-order valence-corrected chi connectivity index (χ0v) is 20.5. The standard InChI is InChI=1S/C22H38O3S3/c1-5-19-12-20(6-9-26-16(2)23)14-22(8-11-28-18(4)25)15-21(13-19)7-10-27-17(3)24/h19-22H,5-15H2,1-4H3/t19?,20-,21?,22?/m0/s1. The topological polar surface area (TPSA) is 51.2 Å². The predicted molar refractivity (Wildman–Crippen MR) is 126 cm³/mol. The minimum absolute atomic E-state index is 0.209. The SMILES string of the molecule is CCC1CC(CCSC(C)=O)CC(CCSC(C)=O)C[C@@H](CCSC(C)=O)C1. The van der Waals surface area contributed by atoms with Crippen molar-refractivity contribution in [2.75, 3.05) is 17.3 Å². The average Bonchev–Trinajstić information content (AvgIpc) is 2.57. The van der Waals surface area contributed by atoms with Gasteiger partial charge in [-0.25, -0.2) is 0 Å². The molecule has 0 aromatic rings. The molecule has 4 atom stereocenters. The Bertz CT molecular complexity index is 463. The van der Waals surface area contributed by atoms with Crippen LogP contribution < -0.4 is 0 Å². The first-order valence-corrected chi connectivity index (χ1v) is 13.7. The predicted octanol–water partition coefficient (Wildman–Crippen LogP) is 6.44. The van der Waals surface area contributed by atoms with Crippen LogP contribution in [0.2, 0.25) is 0 Å². The molecule has 0 amide bonds. The lowest BCUT2D eigenvalue weighted by Gasteiger charge is -2.35. The Morgan fingerprint density at radius 3 is 1.14 bits per heavy atom. The summed E-state index contributed by atoms with van der Waals surface area (Å²) in [6.07, 6.45) is 9.56. The Kier molecular flexibility index (Phi) is 13.9. The van der Waals surface area contributed by atoms with Crippen LogP contribution in [0.4, 0.5) is 0 Å². The third-order valence-corrected chi connectivity index (χ3v) is 8.28. The molecular weight excluding hydrogens is 408 g/mol. The summed E-state index contributed by atoms with van der Waals surface area (Å²) in [5.41, 5.74) is 0. The summed E-state index contributed by atoms with van der Waals surface area (Å²) in [4.78, 5) is 33.9. The highest BCUT2D eigenvalue weighted by atomic mass is 32.2. The lowest BCUT2D eigenvalue weighted by Crippen LogP contribution is -2.24. The second-order valence-corrected chi connectivity index (χ2v) is 12.0. The number of hydrogen-bond acceptors (Lipinski definition) is 6. The van der Waals surface area contributed by atoms with Gasteiger partial charge in [0, 0.05) is 38.0 Å².